The molecule has 0 atom stereocenters. The van der Waals surface area contributed by atoms with Gasteiger partial charge in [0.2, 0.25) is 0 Å². The van der Waals surface area contributed by atoms with Crippen molar-refractivity contribution < 1.29 is 4.79 Å². The van der Waals surface area contributed by atoms with E-state index in [1.807, 2.05) is 0 Å². The van der Waals surface area contributed by atoms with Gasteiger partial charge in [0.25, 0.3) is 5.91 Å². The Kier molecular flexibility index (Phi) is 3.75. The molecule has 1 amide bonds. The van der Waals surface area contributed by atoms with Crippen LogP contribution < -0.4 is 11.1 Å². The van der Waals surface area contributed by atoms with Crippen LogP contribution in [0.15, 0.2) is 18.3 Å². The number of aromatic nitrogens is 2. The standard InChI is InChI=1S/C14H16N4OS/c15-8-10-7-9(5-6-16-10)13(19)18-14-17-11-3-1-2-4-12(11)20-14/h5-7H,1-4,8,15H2,(H,17,18,19). The van der Waals surface area contributed by atoms with E-state index in [4.69, 9.17) is 5.73 Å². The van der Waals surface area contributed by atoms with Crippen molar-refractivity contribution in [1.29, 1.82) is 0 Å². The Labute approximate surface area is 121 Å². The zero-order valence-electron chi connectivity index (χ0n) is 11.1. The van der Waals surface area contributed by atoms with Crippen molar-refractivity contribution in [2.75, 3.05) is 5.32 Å². The average molecular weight is 288 g/mol. The van der Waals surface area contributed by atoms with Crippen molar-refractivity contribution in [2.45, 2.75) is 32.2 Å². The van der Waals surface area contributed by atoms with E-state index in [9.17, 15) is 4.79 Å². The summed E-state index contributed by atoms with van der Waals surface area (Å²) < 4.78 is 0. The van der Waals surface area contributed by atoms with Crippen LogP contribution in [0.2, 0.25) is 0 Å². The van der Waals surface area contributed by atoms with E-state index in [0.29, 0.717) is 22.9 Å². The molecule has 0 saturated heterocycles. The molecular weight excluding hydrogens is 272 g/mol. The van der Waals surface area contributed by atoms with Crippen LogP contribution in [0.5, 0.6) is 0 Å². The Balaban J connectivity index is 1.76. The third-order valence-electron chi connectivity index (χ3n) is 3.35. The maximum atomic E-state index is 12.2. The minimum Gasteiger partial charge on any atom is -0.325 e. The molecule has 104 valence electrons. The van der Waals surface area contributed by atoms with E-state index in [0.717, 1.165) is 18.5 Å². The zero-order chi connectivity index (χ0) is 13.9. The summed E-state index contributed by atoms with van der Waals surface area (Å²) in [5.41, 5.74) is 7.95. The number of hydrogen-bond donors (Lipinski definition) is 2. The van der Waals surface area contributed by atoms with Gasteiger partial charge in [-0.15, -0.1) is 11.3 Å². The van der Waals surface area contributed by atoms with E-state index in [-0.39, 0.29) is 5.91 Å². The average Bonchev–Trinajstić information content (AvgIpc) is 2.89. The van der Waals surface area contributed by atoms with Crippen molar-refractivity contribution in [2.24, 2.45) is 5.73 Å². The molecule has 0 bridgehead atoms. The third-order valence-corrected chi connectivity index (χ3v) is 4.43. The molecule has 1 aliphatic carbocycles. The largest absolute Gasteiger partial charge is 0.325 e. The van der Waals surface area contributed by atoms with Crippen LogP contribution in [0, 0.1) is 0 Å². The lowest BCUT2D eigenvalue weighted by Gasteiger charge is -2.06. The fourth-order valence-corrected chi connectivity index (χ4v) is 3.35. The van der Waals surface area contributed by atoms with Crippen LogP contribution in [0.4, 0.5) is 5.13 Å². The van der Waals surface area contributed by atoms with Crippen molar-refractivity contribution >= 4 is 22.4 Å². The Morgan fingerprint density at radius 2 is 2.25 bits per heavy atom. The summed E-state index contributed by atoms with van der Waals surface area (Å²) in [6.07, 6.45) is 6.11. The minimum atomic E-state index is -0.159. The Bertz CT molecular complexity index is 614. The molecule has 3 N–H and O–H groups in total. The van der Waals surface area contributed by atoms with Crippen molar-refractivity contribution in [3.8, 4) is 0 Å². The molecule has 0 aromatic carbocycles. The van der Waals surface area contributed by atoms with Crippen molar-refractivity contribution in [3.63, 3.8) is 0 Å². The van der Waals surface area contributed by atoms with Gasteiger partial charge in [0, 0.05) is 23.2 Å². The molecule has 0 radical (unpaired) electrons. The molecule has 6 heteroatoms. The molecule has 20 heavy (non-hydrogen) atoms. The highest BCUT2D eigenvalue weighted by Crippen LogP contribution is 2.29. The Morgan fingerprint density at radius 1 is 1.40 bits per heavy atom. The number of fused-ring (bicyclic) bond motifs is 1. The van der Waals surface area contributed by atoms with Gasteiger partial charge in [-0.05, 0) is 37.8 Å². The molecule has 0 saturated carbocycles. The van der Waals surface area contributed by atoms with Crippen LogP contribution in [-0.2, 0) is 19.4 Å². The number of anilines is 1. The van der Waals surface area contributed by atoms with Gasteiger partial charge < -0.3 is 5.73 Å². The number of rotatable bonds is 3. The monoisotopic (exact) mass is 288 g/mol. The van der Waals surface area contributed by atoms with Crippen molar-refractivity contribution in [1.82, 2.24) is 9.97 Å². The fraction of sp³-hybridized carbons (Fsp3) is 0.357. The summed E-state index contributed by atoms with van der Waals surface area (Å²) >= 11 is 1.58. The van der Waals surface area contributed by atoms with Gasteiger partial charge in [-0.3, -0.25) is 15.1 Å². The number of nitrogens with one attached hydrogen (secondary N) is 1. The maximum Gasteiger partial charge on any atom is 0.257 e. The number of pyridine rings is 1. The smallest absolute Gasteiger partial charge is 0.257 e. The first-order valence-corrected chi connectivity index (χ1v) is 7.53. The molecule has 0 spiro atoms. The molecule has 2 aromatic heterocycles. The molecule has 0 unspecified atom stereocenters. The SMILES string of the molecule is NCc1cc(C(=O)Nc2nc3c(s2)CCCC3)ccn1. The van der Waals surface area contributed by atoms with Crippen LogP contribution in [0.3, 0.4) is 0 Å². The molecule has 0 aliphatic heterocycles. The molecule has 2 aromatic rings. The zero-order valence-corrected chi connectivity index (χ0v) is 11.9. The first-order chi connectivity index (χ1) is 9.76. The Morgan fingerprint density at radius 3 is 3.05 bits per heavy atom. The highest BCUT2D eigenvalue weighted by molar-refractivity contribution is 7.15. The number of hydrogen-bond acceptors (Lipinski definition) is 5. The summed E-state index contributed by atoms with van der Waals surface area (Å²) in [6, 6.07) is 3.39. The first kappa shape index (κ1) is 13.2. The second-order valence-corrected chi connectivity index (χ2v) is 5.87. The highest BCUT2D eigenvalue weighted by Gasteiger charge is 2.16. The van der Waals surface area contributed by atoms with Crippen LogP contribution in [0.1, 0.15) is 39.5 Å². The highest BCUT2D eigenvalue weighted by atomic mass is 32.1. The number of amides is 1. The number of carbonyl (C=O) groups is 1. The lowest BCUT2D eigenvalue weighted by atomic mass is 10.0. The summed E-state index contributed by atoms with van der Waals surface area (Å²) in [5, 5.41) is 3.55. The normalized spacial score (nSPS) is 13.8. The summed E-state index contributed by atoms with van der Waals surface area (Å²) in [6.45, 7) is 0.326. The molecular formula is C14H16N4OS. The van der Waals surface area contributed by atoms with Gasteiger partial charge in [-0.2, -0.15) is 0 Å². The van der Waals surface area contributed by atoms with E-state index in [1.165, 1.54) is 17.7 Å². The van der Waals surface area contributed by atoms with E-state index < -0.39 is 0 Å². The van der Waals surface area contributed by atoms with Crippen molar-refractivity contribution in [3.05, 3.63) is 40.2 Å². The predicted molar refractivity (Wildman–Crippen MR) is 78.8 cm³/mol. The predicted octanol–water partition coefficient (Wildman–Crippen LogP) is 2.13. The number of nitrogens with two attached hydrogens (primary N) is 1. The summed E-state index contributed by atoms with van der Waals surface area (Å²) in [7, 11) is 0. The van der Waals surface area contributed by atoms with Gasteiger partial charge in [0.15, 0.2) is 5.13 Å². The van der Waals surface area contributed by atoms with Gasteiger partial charge in [-0.1, -0.05) is 0 Å². The fourth-order valence-electron chi connectivity index (χ4n) is 2.31. The summed E-state index contributed by atoms with van der Waals surface area (Å²) in [4.78, 5) is 22.1. The van der Waals surface area contributed by atoms with Gasteiger partial charge in [0.1, 0.15) is 0 Å². The second-order valence-electron chi connectivity index (χ2n) is 4.79. The molecule has 2 heterocycles. The number of nitrogens with zero attached hydrogens (tertiary/aromatic N) is 2. The second kappa shape index (κ2) is 5.68. The van der Waals surface area contributed by atoms with Gasteiger partial charge >= 0.3 is 0 Å². The topological polar surface area (TPSA) is 80.9 Å². The summed E-state index contributed by atoms with van der Waals surface area (Å²) in [5.74, 6) is -0.159. The van der Waals surface area contributed by atoms with E-state index in [1.54, 1.807) is 29.7 Å². The van der Waals surface area contributed by atoms with Crippen LogP contribution in [0.25, 0.3) is 0 Å². The van der Waals surface area contributed by atoms with Gasteiger partial charge in [-0.25, -0.2) is 4.98 Å². The van der Waals surface area contributed by atoms with Crippen LogP contribution in [-0.4, -0.2) is 15.9 Å². The molecule has 5 nitrogen and oxygen atoms in total. The van der Waals surface area contributed by atoms with E-state index >= 15 is 0 Å². The minimum absolute atomic E-state index is 0.159. The number of thiazole rings is 1. The van der Waals surface area contributed by atoms with E-state index in [2.05, 4.69) is 15.3 Å². The first-order valence-electron chi connectivity index (χ1n) is 6.71. The maximum absolute atomic E-state index is 12.2. The quantitative estimate of drug-likeness (QED) is 0.906. The number of carbonyl (C=O) groups excluding carboxylic acids is 1. The lowest BCUT2D eigenvalue weighted by Crippen LogP contribution is -2.13. The number of aryl methyl sites for hydroxylation is 2. The van der Waals surface area contributed by atoms with Crippen LogP contribution >= 0.6 is 11.3 Å². The molecule has 1 aliphatic rings. The lowest BCUT2D eigenvalue weighted by molar-refractivity contribution is 0.102. The molecule has 0 fully saturated rings. The third kappa shape index (κ3) is 2.71. The van der Waals surface area contributed by atoms with Gasteiger partial charge in [0.05, 0.1) is 11.4 Å². The Hall–Kier alpha value is -1.79. The molecule has 3 rings (SSSR count).